The molecule has 2 N–H and O–H groups in total. The van der Waals surface area contributed by atoms with Crippen LogP contribution < -0.4 is 15.5 Å². The maximum atomic E-state index is 6.25. The molecule has 0 spiro atoms. The van der Waals surface area contributed by atoms with Crippen molar-refractivity contribution in [3.63, 3.8) is 0 Å². The van der Waals surface area contributed by atoms with Crippen LogP contribution in [0.3, 0.4) is 0 Å². The molecule has 1 aromatic heterocycles. The van der Waals surface area contributed by atoms with E-state index in [-0.39, 0.29) is 6.10 Å². The minimum Gasteiger partial charge on any atom is -0.374 e. The van der Waals surface area contributed by atoms with Crippen LogP contribution >= 0.6 is 11.6 Å². The van der Waals surface area contributed by atoms with Crippen molar-refractivity contribution in [3.8, 4) is 0 Å². The molecular formula is C17H27ClN6O. The highest BCUT2D eigenvalue weighted by Gasteiger charge is 2.26. The highest BCUT2D eigenvalue weighted by Crippen LogP contribution is 2.25. The predicted octanol–water partition coefficient (Wildman–Crippen LogP) is 0.809. The first-order valence-corrected chi connectivity index (χ1v) is 9.16. The first-order valence-electron chi connectivity index (χ1n) is 8.78. The van der Waals surface area contributed by atoms with E-state index < -0.39 is 0 Å². The molecule has 3 rings (SSSR count). The second-order valence-electron chi connectivity index (χ2n) is 6.59. The van der Waals surface area contributed by atoms with E-state index in [4.69, 9.17) is 16.3 Å². The molecule has 0 bridgehead atoms. The Bertz CT molecular complexity index is 598. The smallest absolute Gasteiger partial charge is 0.191 e. The number of morpholine rings is 1. The highest BCUT2D eigenvalue weighted by molar-refractivity contribution is 6.32. The minimum absolute atomic E-state index is 0.199. The second kappa shape index (κ2) is 8.69. The molecule has 2 unspecified atom stereocenters. The molecule has 0 amide bonds. The van der Waals surface area contributed by atoms with E-state index >= 15 is 0 Å². The molecule has 7 nitrogen and oxygen atoms in total. The average Bonchev–Trinajstić information content (AvgIpc) is 3.07. The molecule has 0 aliphatic carbocycles. The molecule has 2 aliphatic heterocycles. The lowest BCUT2D eigenvalue weighted by atomic mass is 10.2. The Kier molecular flexibility index (Phi) is 6.34. The Morgan fingerprint density at radius 2 is 2.32 bits per heavy atom. The summed E-state index contributed by atoms with van der Waals surface area (Å²) in [6.07, 6.45) is 3.00. The van der Waals surface area contributed by atoms with E-state index in [1.807, 2.05) is 12.1 Å². The lowest BCUT2D eigenvalue weighted by molar-refractivity contribution is -0.0161. The van der Waals surface area contributed by atoms with E-state index in [1.54, 1.807) is 13.2 Å². The van der Waals surface area contributed by atoms with Crippen molar-refractivity contribution < 1.29 is 4.74 Å². The molecule has 25 heavy (non-hydrogen) atoms. The van der Waals surface area contributed by atoms with Gasteiger partial charge in [-0.15, -0.1) is 0 Å². The van der Waals surface area contributed by atoms with E-state index in [2.05, 4.69) is 37.5 Å². The number of pyridine rings is 1. The molecule has 0 aromatic carbocycles. The van der Waals surface area contributed by atoms with E-state index in [9.17, 15) is 0 Å². The van der Waals surface area contributed by atoms with Gasteiger partial charge in [-0.1, -0.05) is 11.6 Å². The monoisotopic (exact) mass is 366 g/mol. The normalized spacial score (nSPS) is 25.2. The second-order valence-corrected chi connectivity index (χ2v) is 7.00. The zero-order valence-electron chi connectivity index (χ0n) is 14.9. The van der Waals surface area contributed by atoms with Crippen molar-refractivity contribution in [2.45, 2.75) is 18.6 Å². The van der Waals surface area contributed by atoms with Gasteiger partial charge in [-0.2, -0.15) is 0 Å². The van der Waals surface area contributed by atoms with Gasteiger partial charge in [-0.25, -0.2) is 4.98 Å². The summed E-state index contributed by atoms with van der Waals surface area (Å²) in [4.78, 5) is 13.2. The van der Waals surface area contributed by atoms with Gasteiger partial charge in [-0.05, 0) is 25.6 Å². The molecule has 8 heteroatoms. The maximum absolute atomic E-state index is 6.25. The molecule has 0 radical (unpaired) electrons. The SMILES string of the molecule is CN=C(NCC1CN(C)CCO1)NC1CCN(c2ncccc2Cl)C1. The summed E-state index contributed by atoms with van der Waals surface area (Å²) in [6, 6.07) is 4.06. The van der Waals surface area contributed by atoms with Crippen molar-refractivity contribution in [2.75, 3.05) is 58.3 Å². The number of ether oxygens (including phenoxy) is 1. The third-order valence-corrected chi connectivity index (χ3v) is 4.93. The van der Waals surface area contributed by atoms with Gasteiger partial charge in [0.15, 0.2) is 5.96 Å². The summed E-state index contributed by atoms with van der Waals surface area (Å²) in [7, 11) is 3.92. The fourth-order valence-electron chi connectivity index (χ4n) is 3.27. The number of halogens is 1. The summed E-state index contributed by atoms with van der Waals surface area (Å²) >= 11 is 6.25. The van der Waals surface area contributed by atoms with Crippen molar-refractivity contribution in [1.82, 2.24) is 20.5 Å². The standard InChI is InChI=1S/C17H27ClN6O/c1-19-17(21-10-14-12-23(2)8-9-25-14)22-13-5-7-24(11-13)16-15(18)4-3-6-20-16/h3-4,6,13-14H,5,7-12H2,1-2H3,(H2,19,21,22). The van der Waals surface area contributed by atoms with Crippen LogP contribution in [0, 0.1) is 0 Å². The summed E-state index contributed by atoms with van der Waals surface area (Å²) in [5.74, 6) is 1.67. The summed E-state index contributed by atoms with van der Waals surface area (Å²) in [6.45, 7) is 5.28. The van der Waals surface area contributed by atoms with Crippen molar-refractivity contribution in [3.05, 3.63) is 23.4 Å². The third kappa shape index (κ3) is 4.96. The van der Waals surface area contributed by atoms with E-state index in [0.717, 1.165) is 57.5 Å². The van der Waals surface area contributed by atoms with Gasteiger partial charge in [-0.3, -0.25) is 4.99 Å². The van der Waals surface area contributed by atoms with Crippen LogP contribution in [0.4, 0.5) is 5.82 Å². The van der Waals surface area contributed by atoms with Gasteiger partial charge >= 0.3 is 0 Å². The van der Waals surface area contributed by atoms with E-state index in [0.29, 0.717) is 11.1 Å². The van der Waals surface area contributed by atoms with Crippen LogP contribution in [-0.2, 0) is 4.74 Å². The number of nitrogens with one attached hydrogen (secondary N) is 2. The number of anilines is 1. The van der Waals surface area contributed by atoms with Gasteiger partial charge in [0, 0.05) is 52.0 Å². The number of rotatable bonds is 4. The Hall–Kier alpha value is -1.57. The predicted molar refractivity (Wildman–Crippen MR) is 102 cm³/mol. The molecule has 2 fully saturated rings. The molecule has 138 valence electrons. The lowest BCUT2D eigenvalue weighted by Gasteiger charge is -2.30. The average molecular weight is 367 g/mol. The largest absolute Gasteiger partial charge is 0.374 e. The molecule has 1 aromatic rings. The van der Waals surface area contributed by atoms with Crippen molar-refractivity contribution in [2.24, 2.45) is 4.99 Å². The van der Waals surface area contributed by atoms with Crippen LogP contribution in [0.2, 0.25) is 5.02 Å². The third-order valence-electron chi connectivity index (χ3n) is 4.63. The van der Waals surface area contributed by atoms with Crippen LogP contribution in [0.5, 0.6) is 0 Å². The van der Waals surface area contributed by atoms with Gasteiger partial charge in [0.2, 0.25) is 0 Å². The molecule has 3 heterocycles. The lowest BCUT2D eigenvalue weighted by Crippen LogP contribution is -2.50. The fourth-order valence-corrected chi connectivity index (χ4v) is 3.51. The van der Waals surface area contributed by atoms with Gasteiger partial charge in [0.05, 0.1) is 17.7 Å². The highest BCUT2D eigenvalue weighted by atomic mass is 35.5. The molecule has 2 atom stereocenters. The fraction of sp³-hybridized carbons (Fsp3) is 0.647. The topological polar surface area (TPSA) is 65.0 Å². The summed E-state index contributed by atoms with van der Waals surface area (Å²) < 4.78 is 5.78. The minimum atomic E-state index is 0.199. The first kappa shape index (κ1) is 18.2. The Labute approximate surface area is 154 Å². The van der Waals surface area contributed by atoms with Crippen LogP contribution in [-0.4, -0.2) is 81.4 Å². The Morgan fingerprint density at radius 1 is 1.44 bits per heavy atom. The zero-order valence-corrected chi connectivity index (χ0v) is 15.7. The number of hydrogen-bond acceptors (Lipinski definition) is 5. The number of likely N-dealkylation sites (N-methyl/N-ethyl adjacent to an activating group) is 1. The quantitative estimate of drug-likeness (QED) is 0.607. The summed E-state index contributed by atoms with van der Waals surface area (Å²) in [5, 5.41) is 7.57. The molecule has 2 aliphatic rings. The Balaban J connectivity index is 1.47. The number of hydrogen-bond donors (Lipinski definition) is 2. The zero-order chi connectivity index (χ0) is 17.6. The number of aliphatic imine (C=N–C) groups is 1. The Morgan fingerprint density at radius 3 is 3.08 bits per heavy atom. The van der Waals surface area contributed by atoms with E-state index in [1.165, 1.54) is 0 Å². The number of guanidine groups is 1. The van der Waals surface area contributed by atoms with Gasteiger partial charge in [0.25, 0.3) is 0 Å². The van der Waals surface area contributed by atoms with Crippen molar-refractivity contribution >= 4 is 23.4 Å². The molecule has 2 saturated heterocycles. The van der Waals surface area contributed by atoms with Crippen LogP contribution in [0.15, 0.2) is 23.3 Å². The maximum Gasteiger partial charge on any atom is 0.191 e. The summed E-state index contributed by atoms with van der Waals surface area (Å²) in [5.41, 5.74) is 0. The number of nitrogens with zero attached hydrogens (tertiary/aromatic N) is 4. The first-order chi connectivity index (χ1) is 12.2. The van der Waals surface area contributed by atoms with Crippen LogP contribution in [0.1, 0.15) is 6.42 Å². The molecular weight excluding hydrogens is 340 g/mol. The van der Waals surface area contributed by atoms with Gasteiger partial charge in [0.1, 0.15) is 5.82 Å². The van der Waals surface area contributed by atoms with Crippen molar-refractivity contribution in [1.29, 1.82) is 0 Å². The van der Waals surface area contributed by atoms with Gasteiger partial charge < -0.3 is 25.2 Å². The van der Waals surface area contributed by atoms with Crippen LogP contribution in [0.25, 0.3) is 0 Å². The number of aromatic nitrogens is 1. The molecule has 0 saturated carbocycles.